The zero-order valence-electron chi connectivity index (χ0n) is 11.6. The largest absolute Gasteiger partial charge is 0.392 e. The molecule has 2 rings (SSSR count). The van der Waals surface area contributed by atoms with Crippen LogP contribution in [0.2, 0.25) is 0 Å². The van der Waals surface area contributed by atoms with Crippen LogP contribution in [0.25, 0.3) is 0 Å². The molecule has 2 aliphatic rings. The van der Waals surface area contributed by atoms with Crippen molar-refractivity contribution < 1.29 is 5.11 Å². The second-order valence-electron chi connectivity index (χ2n) is 6.19. The number of rotatable bonds is 3. The Bertz CT molecular complexity index is 228. The fourth-order valence-electron chi connectivity index (χ4n) is 3.42. The van der Waals surface area contributed by atoms with Crippen molar-refractivity contribution >= 4 is 0 Å². The average molecular weight is 240 g/mol. The summed E-state index contributed by atoms with van der Waals surface area (Å²) >= 11 is 0. The van der Waals surface area contributed by atoms with Gasteiger partial charge < -0.3 is 5.11 Å². The highest BCUT2D eigenvalue weighted by Crippen LogP contribution is 2.28. The summed E-state index contributed by atoms with van der Waals surface area (Å²) in [7, 11) is 2.21. The molecule has 100 valence electrons. The molecule has 0 aromatic carbocycles. The molecular formula is C14H28N2O. The maximum absolute atomic E-state index is 10.3. The van der Waals surface area contributed by atoms with Crippen LogP contribution in [0.5, 0.6) is 0 Å². The Morgan fingerprint density at radius 2 is 1.65 bits per heavy atom. The Kier molecular flexibility index (Phi) is 4.45. The molecule has 1 saturated carbocycles. The summed E-state index contributed by atoms with van der Waals surface area (Å²) in [5.74, 6) is 0.570. The van der Waals surface area contributed by atoms with Crippen molar-refractivity contribution in [2.45, 2.75) is 57.7 Å². The zero-order chi connectivity index (χ0) is 12.4. The van der Waals surface area contributed by atoms with Gasteiger partial charge in [-0.3, -0.25) is 9.80 Å². The predicted molar refractivity (Wildman–Crippen MR) is 71.1 cm³/mol. The molecule has 1 aliphatic heterocycles. The first-order valence-corrected chi connectivity index (χ1v) is 7.20. The molecule has 1 saturated heterocycles. The lowest BCUT2D eigenvalue weighted by atomic mass is 9.99. The Morgan fingerprint density at radius 3 is 2.18 bits per heavy atom. The van der Waals surface area contributed by atoms with E-state index in [-0.39, 0.29) is 6.10 Å². The van der Waals surface area contributed by atoms with E-state index in [1.54, 1.807) is 0 Å². The van der Waals surface area contributed by atoms with Gasteiger partial charge in [0.2, 0.25) is 0 Å². The highest BCUT2D eigenvalue weighted by atomic mass is 16.3. The van der Waals surface area contributed by atoms with E-state index < -0.39 is 0 Å². The third-order valence-electron chi connectivity index (χ3n) is 4.82. The maximum atomic E-state index is 10.3. The fraction of sp³-hybridized carbons (Fsp3) is 1.00. The molecule has 0 aromatic rings. The predicted octanol–water partition coefficient (Wildman–Crippen LogP) is 1.56. The molecule has 3 nitrogen and oxygen atoms in total. The molecule has 1 N–H and O–H groups in total. The Labute approximate surface area is 106 Å². The highest BCUT2D eigenvalue weighted by molar-refractivity contribution is 4.85. The van der Waals surface area contributed by atoms with E-state index in [0.717, 1.165) is 19.6 Å². The minimum Gasteiger partial charge on any atom is -0.392 e. The molecule has 3 unspecified atom stereocenters. The van der Waals surface area contributed by atoms with Gasteiger partial charge in [0.05, 0.1) is 6.10 Å². The summed E-state index contributed by atoms with van der Waals surface area (Å²) in [4.78, 5) is 4.90. The van der Waals surface area contributed by atoms with Crippen molar-refractivity contribution in [3.63, 3.8) is 0 Å². The number of aliphatic hydroxyl groups is 1. The zero-order valence-corrected chi connectivity index (χ0v) is 11.6. The first-order valence-electron chi connectivity index (χ1n) is 7.20. The average Bonchev–Trinajstić information content (AvgIpc) is 2.79. The van der Waals surface area contributed by atoms with E-state index in [9.17, 15) is 5.11 Å². The molecule has 0 spiro atoms. The standard InChI is InChI=1S/C14H28N2O/c1-11-8-16(9-12(2)15(11)3)10-14(17)13-6-4-5-7-13/h11-14,17H,4-10H2,1-3H3. The van der Waals surface area contributed by atoms with Crippen LogP contribution in [0.1, 0.15) is 39.5 Å². The Balaban J connectivity index is 1.82. The quantitative estimate of drug-likeness (QED) is 0.811. The molecule has 1 aliphatic carbocycles. The van der Waals surface area contributed by atoms with E-state index >= 15 is 0 Å². The van der Waals surface area contributed by atoms with Gasteiger partial charge in [0.1, 0.15) is 0 Å². The van der Waals surface area contributed by atoms with Crippen molar-refractivity contribution in [1.29, 1.82) is 0 Å². The molecule has 0 amide bonds. The summed E-state index contributed by atoms with van der Waals surface area (Å²) in [6, 6.07) is 1.21. The molecule has 0 radical (unpaired) electrons. The molecule has 0 aromatic heterocycles. The number of piperazine rings is 1. The molecule has 3 atom stereocenters. The van der Waals surface area contributed by atoms with Crippen LogP contribution in [-0.4, -0.2) is 59.8 Å². The number of likely N-dealkylation sites (N-methyl/N-ethyl adjacent to an activating group) is 1. The van der Waals surface area contributed by atoms with Crippen LogP contribution in [0.3, 0.4) is 0 Å². The second-order valence-corrected chi connectivity index (χ2v) is 6.19. The summed E-state index contributed by atoms with van der Waals surface area (Å²) in [6.45, 7) is 7.65. The van der Waals surface area contributed by atoms with Crippen molar-refractivity contribution in [1.82, 2.24) is 9.80 Å². The van der Waals surface area contributed by atoms with Crippen molar-refractivity contribution in [3.8, 4) is 0 Å². The smallest absolute Gasteiger partial charge is 0.0695 e. The minimum atomic E-state index is -0.0969. The third kappa shape index (κ3) is 3.21. The SMILES string of the molecule is CC1CN(CC(O)C2CCCC2)CC(C)N1C. The van der Waals surface area contributed by atoms with Gasteiger partial charge in [-0.1, -0.05) is 12.8 Å². The van der Waals surface area contributed by atoms with Gasteiger partial charge in [0.15, 0.2) is 0 Å². The Hall–Kier alpha value is -0.120. The van der Waals surface area contributed by atoms with Gasteiger partial charge >= 0.3 is 0 Å². The van der Waals surface area contributed by atoms with Gasteiger partial charge in [-0.2, -0.15) is 0 Å². The fourth-order valence-corrected chi connectivity index (χ4v) is 3.42. The molecule has 1 heterocycles. The topological polar surface area (TPSA) is 26.7 Å². The van der Waals surface area contributed by atoms with E-state index in [1.165, 1.54) is 25.7 Å². The van der Waals surface area contributed by atoms with E-state index in [0.29, 0.717) is 18.0 Å². The summed E-state index contributed by atoms with van der Waals surface area (Å²) in [5.41, 5.74) is 0. The van der Waals surface area contributed by atoms with Gasteiger partial charge in [-0.25, -0.2) is 0 Å². The van der Waals surface area contributed by atoms with E-state index in [2.05, 4.69) is 30.7 Å². The van der Waals surface area contributed by atoms with Crippen LogP contribution in [-0.2, 0) is 0 Å². The minimum absolute atomic E-state index is 0.0969. The van der Waals surface area contributed by atoms with Crippen molar-refractivity contribution in [2.75, 3.05) is 26.7 Å². The Morgan fingerprint density at radius 1 is 1.12 bits per heavy atom. The monoisotopic (exact) mass is 240 g/mol. The second kappa shape index (κ2) is 5.68. The first-order chi connectivity index (χ1) is 8.08. The lowest BCUT2D eigenvalue weighted by molar-refractivity contribution is 0.0114. The third-order valence-corrected chi connectivity index (χ3v) is 4.82. The number of β-amino-alcohol motifs (C(OH)–C–C–N with tert-alkyl or cyclic N) is 1. The molecule has 3 heteroatoms. The van der Waals surface area contributed by atoms with Crippen LogP contribution in [0.15, 0.2) is 0 Å². The summed E-state index contributed by atoms with van der Waals surface area (Å²) in [5, 5.41) is 10.3. The highest BCUT2D eigenvalue weighted by Gasteiger charge is 2.30. The molecule has 17 heavy (non-hydrogen) atoms. The van der Waals surface area contributed by atoms with Gasteiger partial charge in [0, 0.05) is 31.7 Å². The van der Waals surface area contributed by atoms with Gasteiger partial charge in [-0.05, 0) is 39.7 Å². The summed E-state index contributed by atoms with van der Waals surface area (Å²) < 4.78 is 0. The number of hydrogen-bond acceptors (Lipinski definition) is 3. The van der Waals surface area contributed by atoms with E-state index in [1.807, 2.05) is 0 Å². The number of nitrogens with zero attached hydrogens (tertiary/aromatic N) is 2. The number of hydrogen-bond donors (Lipinski definition) is 1. The normalized spacial score (nSPS) is 35.3. The van der Waals surface area contributed by atoms with Crippen LogP contribution < -0.4 is 0 Å². The molecular weight excluding hydrogens is 212 g/mol. The lowest BCUT2D eigenvalue weighted by Crippen LogP contribution is -2.56. The van der Waals surface area contributed by atoms with Gasteiger partial charge in [0.25, 0.3) is 0 Å². The van der Waals surface area contributed by atoms with Gasteiger partial charge in [-0.15, -0.1) is 0 Å². The van der Waals surface area contributed by atoms with E-state index in [4.69, 9.17) is 0 Å². The van der Waals surface area contributed by atoms with Crippen LogP contribution >= 0.6 is 0 Å². The van der Waals surface area contributed by atoms with Crippen molar-refractivity contribution in [2.24, 2.45) is 5.92 Å². The summed E-state index contributed by atoms with van der Waals surface area (Å²) in [6.07, 6.45) is 5.01. The molecule has 2 fully saturated rings. The lowest BCUT2D eigenvalue weighted by Gasteiger charge is -2.43. The van der Waals surface area contributed by atoms with Crippen molar-refractivity contribution in [3.05, 3.63) is 0 Å². The maximum Gasteiger partial charge on any atom is 0.0695 e. The van der Waals surface area contributed by atoms with Crippen LogP contribution in [0.4, 0.5) is 0 Å². The first kappa shape index (κ1) is 13.3. The van der Waals surface area contributed by atoms with Crippen LogP contribution in [0, 0.1) is 5.92 Å². The molecule has 0 bridgehead atoms. The number of aliphatic hydroxyl groups excluding tert-OH is 1.